The van der Waals surface area contributed by atoms with Gasteiger partial charge in [-0.2, -0.15) is 5.10 Å². The first-order valence-corrected chi connectivity index (χ1v) is 10.7. The van der Waals surface area contributed by atoms with E-state index < -0.39 is 18.0 Å². The summed E-state index contributed by atoms with van der Waals surface area (Å²) in [4.78, 5) is 14.7. The van der Waals surface area contributed by atoms with E-state index in [1.165, 1.54) is 12.1 Å². The van der Waals surface area contributed by atoms with Crippen LogP contribution >= 0.6 is 0 Å². The van der Waals surface area contributed by atoms with E-state index in [0.717, 1.165) is 11.3 Å². The monoisotopic (exact) mass is 439 g/mol. The Morgan fingerprint density at radius 1 is 1.16 bits per heavy atom. The normalized spacial score (nSPS) is 18.8. The highest BCUT2D eigenvalue weighted by atomic mass is 19.1. The summed E-state index contributed by atoms with van der Waals surface area (Å²) < 4.78 is 24.7. The maximum absolute atomic E-state index is 13.4. The molecule has 0 bridgehead atoms. The highest BCUT2D eigenvalue weighted by Gasteiger charge is 2.29. The van der Waals surface area contributed by atoms with Crippen molar-refractivity contribution in [2.24, 2.45) is 0 Å². The zero-order chi connectivity index (χ0) is 22.5. The third-order valence-corrected chi connectivity index (χ3v) is 5.45. The Balaban J connectivity index is 1.40. The number of carbonyl (C=O) groups is 1. The molecule has 1 fully saturated rings. The highest BCUT2D eigenvalue weighted by molar-refractivity contribution is 5.93. The number of carbonyl (C=O) groups excluding carboxylic acids is 1. The number of nitrogens with one attached hydrogen (secondary N) is 1. The van der Waals surface area contributed by atoms with Crippen LogP contribution in [0.3, 0.4) is 0 Å². The van der Waals surface area contributed by atoms with Crippen LogP contribution in [0.4, 0.5) is 4.39 Å². The number of hydrogen-bond donors (Lipinski definition) is 2. The van der Waals surface area contributed by atoms with Gasteiger partial charge in [-0.15, -0.1) is 0 Å². The largest absolute Gasteiger partial charge is 0.494 e. The standard InChI is InChI=1S/C24H26FN3O4/c1-2-31-18-8-6-16(7-9-18)20-15-21(27-26-20)24(30)28-12-10-22(29)23(11-13-28)32-19-5-3-4-17(25)14-19/h3-9,14-15,22-23,29H,2,10-13H2,1H3,(H,26,27)/t22-,23-/m0/s1. The van der Waals surface area contributed by atoms with Crippen LogP contribution in [0.5, 0.6) is 11.5 Å². The van der Waals surface area contributed by atoms with Gasteiger partial charge in [0.1, 0.15) is 29.1 Å². The molecule has 0 saturated carbocycles. The van der Waals surface area contributed by atoms with Crippen LogP contribution in [0.25, 0.3) is 11.3 Å². The SMILES string of the molecule is CCOc1ccc(-c2cc(C(=O)N3CC[C@H](Oc4cccc(F)c4)[C@@H](O)CC3)[nH]n2)cc1. The minimum atomic E-state index is -0.753. The Kier molecular flexibility index (Phi) is 6.70. The number of nitrogens with zero attached hydrogens (tertiary/aromatic N) is 2. The van der Waals surface area contributed by atoms with E-state index in [4.69, 9.17) is 9.47 Å². The summed E-state index contributed by atoms with van der Waals surface area (Å²) in [5, 5.41) is 17.6. The second kappa shape index (κ2) is 9.82. The third kappa shape index (κ3) is 5.08. The molecule has 2 heterocycles. The molecule has 8 heteroatoms. The Hall–Kier alpha value is -3.39. The number of halogens is 1. The molecule has 2 atom stereocenters. The predicted octanol–water partition coefficient (Wildman–Crippen LogP) is 3.66. The molecule has 7 nitrogen and oxygen atoms in total. The van der Waals surface area contributed by atoms with Crippen LogP contribution in [-0.4, -0.2) is 58.0 Å². The van der Waals surface area contributed by atoms with Crippen LogP contribution in [0.15, 0.2) is 54.6 Å². The van der Waals surface area contributed by atoms with E-state index in [1.54, 1.807) is 23.1 Å². The van der Waals surface area contributed by atoms with Gasteiger partial charge in [0.2, 0.25) is 0 Å². The number of benzene rings is 2. The summed E-state index contributed by atoms with van der Waals surface area (Å²) in [6, 6.07) is 15.1. The minimum absolute atomic E-state index is 0.187. The summed E-state index contributed by atoms with van der Waals surface area (Å²) in [5.74, 6) is 0.557. The van der Waals surface area contributed by atoms with Crippen LogP contribution in [0, 0.1) is 5.82 Å². The molecule has 1 aromatic heterocycles. The number of hydrogen-bond acceptors (Lipinski definition) is 5. The van der Waals surface area contributed by atoms with E-state index in [0.29, 0.717) is 49.7 Å². The van der Waals surface area contributed by atoms with E-state index in [2.05, 4.69) is 10.2 Å². The second-order valence-electron chi connectivity index (χ2n) is 7.67. The van der Waals surface area contributed by atoms with E-state index in [-0.39, 0.29) is 5.91 Å². The zero-order valence-electron chi connectivity index (χ0n) is 17.8. The van der Waals surface area contributed by atoms with Crippen LogP contribution in [0.2, 0.25) is 0 Å². The lowest BCUT2D eigenvalue weighted by atomic mass is 10.1. The van der Waals surface area contributed by atoms with Crippen LogP contribution in [-0.2, 0) is 0 Å². The molecular formula is C24H26FN3O4. The van der Waals surface area contributed by atoms with Gasteiger partial charge in [0, 0.05) is 31.1 Å². The predicted molar refractivity (Wildman–Crippen MR) is 117 cm³/mol. The van der Waals surface area contributed by atoms with Crippen molar-refractivity contribution in [1.82, 2.24) is 15.1 Å². The summed E-state index contributed by atoms with van der Waals surface area (Å²) in [7, 11) is 0. The fourth-order valence-corrected chi connectivity index (χ4v) is 3.76. The molecule has 0 radical (unpaired) electrons. The molecule has 0 aliphatic carbocycles. The second-order valence-corrected chi connectivity index (χ2v) is 7.67. The number of aliphatic hydroxyl groups is 1. The summed E-state index contributed by atoms with van der Waals surface area (Å²) in [6.07, 6.45) is -0.470. The fraction of sp³-hybridized carbons (Fsp3) is 0.333. The smallest absolute Gasteiger partial charge is 0.271 e. The lowest BCUT2D eigenvalue weighted by molar-refractivity contribution is 0.0348. The Bertz CT molecular complexity index is 1050. The summed E-state index contributed by atoms with van der Waals surface area (Å²) >= 11 is 0. The van der Waals surface area contributed by atoms with Gasteiger partial charge < -0.3 is 19.5 Å². The van der Waals surface area contributed by atoms with Gasteiger partial charge in [0.15, 0.2) is 0 Å². The molecule has 3 aromatic rings. The van der Waals surface area contributed by atoms with Gasteiger partial charge in [-0.3, -0.25) is 9.89 Å². The zero-order valence-corrected chi connectivity index (χ0v) is 17.8. The van der Waals surface area contributed by atoms with Gasteiger partial charge >= 0.3 is 0 Å². The lowest BCUT2D eigenvalue weighted by Gasteiger charge is -2.21. The molecule has 1 saturated heterocycles. The van der Waals surface area contributed by atoms with E-state index >= 15 is 0 Å². The van der Waals surface area contributed by atoms with Gasteiger partial charge in [-0.05, 0) is 55.8 Å². The summed E-state index contributed by atoms with van der Waals surface area (Å²) in [6.45, 7) is 3.32. The van der Waals surface area contributed by atoms with Gasteiger partial charge in [-0.25, -0.2) is 4.39 Å². The average Bonchev–Trinajstić information content (AvgIpc) is 3.21. The first-order valence-electron chi connectivity index (χ1n) is 10.7. The first-order chi connectivity index (χ1) is 15.5. The van der Waals surface area contributed by atoms with Crippen molar-refractivity contribution >= 4 is 5.91 Å². The van der Waals surface area contributed by atoms with Crippen molar-refractivity contribution in [3.63, 3.8) is 0 Å². The number of aromatic nitrogens is 2. The lowest BCUT2D eigenvalue weighted by Crippen LogP contribution is -2.32. The summed E-state index contributed by atoms with van der Waals surface area (Å²) in [5.41, 5.74) is 1.92. The van der Waals surface area contributed by atoms with Gasteiger partial charge in [0.05, 0.1) is 18.4 Å². The number of ether oxygens (including phenoxy) is 2. The fourth-order valence-electron chi connectivity index (χ4n) is 3.76. The van der Waals surface area contributed by atoms with E-state index in [9.17, 15) is 14.3 Å². The molecule has 4 rings (SSSR count). The number of aromatic amines is 1. The topological polar surface area (TPSA) is 87.7 Å². The molecule has 32 heavy (non-hydrogen) atoms. The van der Waals surface area contributed by atoms with Crippen molar-refractivity contribution in [2.75, 3.05) is 19.7 Å². The molecule has 168 valence electrons. The maximum atomic E-state index is 13.4. The maximum Gasteiger partial charge on any atom is 0.271 e. The highest BCUT2D eigenvalue weighted by Crippen LogP contribution is 2.24. The first kappa shape index (κ1) is 21.8. The number of amides is 1. The number of rotatable bonds is 6. The Labute approximate surface area is 185 Å². The van der Waals surface area contributed by atoms with Crippen molar-refractivity contribution < 1.29 is 23.8 Å². The van der Waals surface area contributed by atoms with Crippen LogP contribution in [0.1, 0.15) is 30.3 Å². The van der Waals surface area contributed by atoms with Gasteiger partial charge in [0.25, 0.3) is 5.91 Å². The Morgan fingerprint density at radius 3 is 2.69 bits per heavy atom. The molecule has 2 aromatic carbocycles. The number of likely N-dealkylation sites (tertiary alicyclic amines) is 1. The molecule has 0 spiro atoms. The molecule has 1 aliphatic rings. The number of aliphatic hydroxyl groups excluding tert-OH is 1. The molecule has 1 amide bonds. The Morgan fingerprint density at radius 2 is 1.94 bits per heavy atom. The molecule has 0 unspecified atom stereocenters. The van der Waals surface area contributed by atoms with Crippen molar-refractivity contribution in [3.05, 3.63) is 66.1 Å². The third-order valence-electron chi connectivity index (χ3n) is 5.45. The quantitative estimate of drug-likeness (QED) is 0.612. The minimum Gasteiger partial charge on any atom is -0.494 e. The molecule has 2 N–H and O–H groups in total. The van der Waals surface area contributed by atoms with Crippen molar-refractivity contribution in [3.8, 4) is 22.8 Å². The van der Waals surface area contributed by atoms with E-state index in [1.807, 2.05) is 31.2 Å². The average molecular weight is 439 g/mol. The van der Waals surface area contributed by atoms with Crippen molar-refractivity contribution in [2.45, 2.75) is 32.0 Å². The molecular weight excluding hydrogens is 413 g/mol. The molecule has 1 aliphatic heterocycles. The van der Waals surface area contributed by atoms with Crippen LogP contribution < -0.4 is 9.47 Å². The van der Waals surface area contributed by atoms with Crippen molar-refractivity contribution in [1.29, 1.82) is 0 Å². The number of H-pyrrole nitrogens is 1. The van der Waals surface area contributed by atoms with Gasteiger partial charge in [-0.1, -0.05) is 6.07 Å².